The van der Waals surface area contributed by atoms with Crippen LogP contribution in [-0.2, 0) is 0 Å². The van der Waals surface area contributed by atoms with Crippen LogP contribution in [0.1, 0.15) is 12.8 Å². The van der Waals surface area contributed by atoms with Crippen molar-refractivity contribution in [2.45, 2.75) is 18.9 Å². The van der Waals surface area contributed by atoms with E-state index in [2.05, 4.69) is 14.9 Å². The second kappa shape index (κ2) is 4.12. The van der Waals surface area contributed by atoms with Gasteiger partial charge in [0.2, 0.25) is 5.95 Å². The van der Waals surface area contributed by atoms with Crippen molar-refractivity contribution >= 4 is 33.3 Å². The number of anilines is 2. The van der Waals surface area contributed by atoms with Crippen LogP contribution < -0.4 is 10.6 Å². The van der Waals surface area contributed by atoms with Gasteiger partial charge in [-0.3, -0.25) is 0 Å². The first-order valence-electron chi connectivity index (χ1n) is 5.68. The summed E-state index contributed by atoms with van der Waals surface area (Å²) in [7, 11) is 0. The first-order chi connectivity index (χ1) is 8.29. The molecule has 3 rings (SSSR count). The molecule has 2 aromatic heterocycles. The van der Waals surface area contributed by atoms with Crippen LogP contribution >= 0.6 is 11.3 Å². The van der Waals surface area contributed by atoms with Gasteiger partial charge in [0.15, 0.2) is 0 Å². The molecule has 0 spiro atoms. The summed E-state index contributed by atoms with van der Waals surface area (Å²) in [5.74, 6) is 1.17. The summed E-state index contributed by atoms with van der Waals surface area (Å²) in [5, 5.41) is 12.4. The van der Waals surface area contributed by atoms with Crippen molar-refractivity contribution in [2.75, 3.05) is 23.8 Å². The van der Waals surface area contributed by atoms with Gasteiger partial charge in [0.25, 0.3) is 0 Å². The molecule has 3 heterocycles. The maximum Gasteiger partial charge on any atom is 0.223 e. The Morgan fingerprint density at radius 3 is 3.24 bits per heavy atom. The standard InChI is InChI=1S/C11H14N4OS/c12-11-13-9(8-3-5-17-10(8)14-11)15-4-1-2-7(15)6-16/h3,5,7,16H,1-2,4,6H2,(H2,12,13,14). The Hall–Kier alpha value is -1.40. The number of aliphatic hydroxyl groups excluding tert-OH is 1. The van der Waals surface area contributed by atoms with Crippen LogP contribution in [0, 0.1) is 0 Å². The van der Waals surface area contributed by atoms with E-state index in [1.54, 1.807) is 11.3 Å². The summed E-state index contributed by atoms with van der Waals surface area (Å²) in [4.78, 5) is 11.6. The summed E-state index contributed by atoms with van der Waals surface area (Å²) < 4.78 is 0. The Morgan fingerprint density at radius 2 is 2.41 bits per heavy atom. The van der Waals surface area contributed by atoms with Crippen molar-refractivity contribution in [3.63, 3.8) is 0 Å². The lowest BCUT2D eigenvalue weighted by molar-refractivity contribution is 0.266. The Morgan fingerprint density at radius 1 is 1.53 bits per heavy atom. The Kier molecular flexibility index (Phi) is 2.60. The molecule has 17 heavy (non-hydrogen) atoms. The van der Waals surface area contributed by atoms with Gasteiger partial charge in [0.1, 0.15) is 10.6 Å². The van der Waals surface area contributed by atoms with Crippen molar-refractivity contribution in [3.05, 3.63) is 11.4 Å². The number of aliphatic hydroxyl groups is 1. The van der Waals surface area contributed by atoms with Crippen LogP contribution in [0.2, 0.25) is 0 Å². The monoisotopic (exact) mass is 250 g/mol. The van der Waals surface area contributed by atoms with E-state index in [-0.39, 0.29) is 12.6 Å². The van der Waals surface area contributed by atoms with Gasteiger partial charge in [-0.2, -0.15) is 4.98 Å². The third kappa shape index (κ3) is 1.73. The third-order valence-electron chi connectivity index (χ3n) is 3.18. The first kappa shape index (κ1) is 10.7. The van der Waals surface area contributed by atoms with E-state index in [0.717, 1.165) is 35.4 Å². The van der Waals surface area contributed by atoms with Gasteiger partial charge in [0, 0.05) is 6.54 Å². The molecule has 0 saturated carbocycles. The van der Waals surface area contributed by atoms with Gasteiger partial charge in [-0.15, -0.1) is 11.3 Å². The fourth-order valence-electron chi connectivity index (χ4n) is 2.38. The lowest BCUT2D eigenvalue weighted by atomic mass is 10.2. The normalized spacial score (nSPS) is 20.3. The molecule has 0 radical (unpaired) electrons. The molecule has 1 aliphatic heterocycles. The minimum Gasteiger partial charge on any atom is -0.394 e. The van der Waals surface area contributed by atoms with Gasteiger partial charge in [-0.1, -0.05) is 0 Å². The topological polar surface area (TPSA) is 75.3 Å². The minimum absolute atomic E-state index is 0.160. The number of hydrogen-bond donors (Lipinski definition) is 2. The molecule has 2 aromatic rings. The number of fused-ring (bicyclic) bond motifs is 1. The predicted molar refractivity (Wildman–Crippen MR) is 69.3 cm³/mol. The van der Waals surface area contributed by atoms with E-state index in [0.29, 0.717) is 5.95 Å². The minimum atomic E-state index is 0.160. The number of nitrogens with two attached hydrogens (primary N) is 1. The molecule has 5 nitrogen and oxygen atoms in total. The molecule has 0 bridgehead atoms. The number of aromatic nitrogens is 2. The van der Waals surface area contributed by atoms with Crippen molar-refractivity contribution in [3.8, 4) is 0 Å². The molecule has 3 N–H and O–H groups in total. The number of nitrogens with zero attached hydrogens (tertiary/aromatic N) is 3. The fourth-order valence-corrected chi connectivity index (χ4v) is 3.14. The van der Waals surface area contributed by atoms with Gasteiger partial charge in [-0.25, -0.2) is 4.98 Å². The Labute approximate surface area is 103 Å². The van der Waals surface area contributed by atoms with Crippen LogP contribution in [-0.4, -0.2) is 34.3 Å². The van der Waals surface area contributed by atoms with Gasteiger partial charge in [0.05, 0.1) is 18.0 Å². The molecule has 1 atom stereocenters. The molecular weight excluding hydrogens is 236 g/mol. The van der Waals surface area contributed by atoms with E-state index >= 15 is 0 Å². The molecule has 0 aliphatic carbocycles. The Balaban J connectivity index is 2.12. The van der Waals surface area contributed by atoms with Crippen LogP contribution in [0.25, 0.3) is 10.2 Å². The van der Waals surface area contributed by atoms with Gasteiger partial charge in [-0.05, 0) is 24.3 Å². The number of rotatable bonds is 2. The van der Waals surface area contributed by atoms with Crippen LogP contribution in [0.4, 0.5) is 11.8 Å². The maximum absolute atomic E-state index is 9.38. The highest BCUT2D eigenvalue weighted by atomic mass is 32.1. The summed E-state index contributed by atoms with van der Waals surface area (Å²) in [6, 6.07) is 2.18. The lowest BCUT2D eigenvalue weighted by Crippen LogP contribution is -2.33. The highest BCUT2D eigenvalue weighted by Crippen LogP contribution is 2.32. The van der Waals surface area contributed by atoms with E-state index in [4.69, 9.17) is 5.73 Å². The van der Waals surface area contributed by atoms with Gasteiger partial charge < -0.3 is 15.7 Å². The second-order valence-corrected chi connectivity index (χ2v) is 5.11. The first-order valence-corrected chi connectivity index (χ1v) is 6.56. The number of nitrogen functional groups attached to an aromatic ring is 1. The molecule has 1 unspecified atom stereocenters. The summed E-state index contributed by atoms with van der Waals surface area (Å²) >= 11 is 1.56. The Bertz CT molecular complexity index is 541. The zero-order valence-corrected chi connectivity index (χ0v) is 10.2. The summed E-state index contributed by atoms with van der Waals surface area (Å²) in [5.41, 5.74) is 5.73. The maximum atomic E-state index is 9.38. The molecule has 6 heteroatoms. The van der Waals surface area contributed by atoms with Crippen LogP contribution in [0.3, 0.4) is 0 Å². The zero-order valence-electron chi connectivity index (χ0n) is 9.33. The number of thiophene rings is 1. The van der Waals surface area contributed by atoms with Crippen molar-refractivity contribution < 1.29 is 5.11 Å². The molecular formula is C11H14N4OS. The molecule has 0 amide bonds. The molecule has 1 saturated heterocycles. The second-order valence-electron chi connectivity index (χ2n) is 4.22. The van der Waals surface area contributed by atoms with Crippen molar-refractivity contribution in [1.82, 2.24) is 9.97 Å². The van der Waals surface area contributed by atoms with Crippen LogP contribution in [0.5, 0.6) is 0 Å². The molecule has 90 valence electrons. The quantitative estimate of drug-likeness (QED) is 0.838. The predicted octanol–water partition coefficient (Wildman–Crippen LogP) is 1.23. The molecule has 0 aromatic carbocycles. The zero-order chi connectivity index (χ0) is 11.8. The SMILES string of the molecule is Nc1nc(N2CCCC2CO)c2ccsc2n1. The van der Waals surface area contributed by atoms with E-state index in [1.165, 1.54) is 0 Å². The largest absolute Gasteiger partial charge is 0.394 e. The summed E-state index contributed by atoms with van der Waals surface area (Å²) in [6.45, 7) is 1.09. The van der Waals surface area contributed by atoms with E-state index < -0.39 is 0 Å². The smallest absolute Gasteiger partial charge is 0.223 e. The lowest BCUT2D eigenvalue weighted by Gasteiger charge is -2.24. The molecule has 1 aliphatic rings. The third-order valence-corrected chi connectivity index (χ3v) is 3.99. The van der Waals surface area contributed by atoms with Crippen molar-refractivity contribution in [2.24, 2.45) is 0 Å². The van der Waals surface area contributed by atoms with E-state index in [9.17, 15) is 5.11 Å². The fraction of sp³-hybridized carbons (Fsp3) is 0.455. The van der Waals surface area contributed by atoms with Crippen molar-refractivity contribution in [1.29, 1.82) is 0 Å². The number of hydrogen-bond acceptors (Lipinski definition) is 6. The van der Waals surface area contributed by atoms with E-state index in [1.807, 2.05) is 11.4 Å². The van der Waals surface area contributed by atoms with Crippen LogP contribution in [0.15, 0.2) is 11.4 Å². The molecule has 1 fully saturated rings. The summed E-state index contributed by atoms with van der Waals surface area (Å²) in [6.07, 6.45) is 2.09. The highest BCUT2D eigenvalue weighted by molar-refractivity contribution is 7.16. The average molecular weight is 250 g/mol. The highest BCUT2D eigenvalue weighted by Gasteiger charge is 2.27. The van der Waals surface area contributed by atoms with Gasteiger partial charge >= 0.3 is 0 Å². The average Bonchev–Trinajstić information content (AvgIpc) is 2.95.